The predicted molar refractivity (Wildman–Crippen MR) is 160 cm³/mol. The molecule has 0 aromatic heterocycles. The molecular weight excluding hydrogens is 668 g/mol. The van der Waals surface area contributed by atoms with E-state index in [9.17, 15) is 5.11 Å². The summed E-state index contributed by atoms with van der Waals surface area (Å²) < 4.78 is 98.0. The van der Waals surface area contributed by atoms with Crippen LogP contribution in [0.4, 0.5) is 0 Å². The van der Waals surface area contributed by atoms with Gasteiger partial charge in [0.2, 0.25) is 0 Å². The molecule has 6 bridgehead atoms. The molecular formula is C33H50O17. The number of hydrogen-bond acceptors (Lipinski definition) is 17. The lowest BCUT2D eigenvalue weighted by Crippen LogP contribution is -2.55. The highest BCUT2D eigenvalue weighted by Crippen LogP contribution is 2.44. The maximum atomic E-state index is 11.1. The summed E-state index contributed by atoms with van der Waals surface area (Å²) in [5, 5.41) is 11.1. The summed E-state index contributed by atoms with van der Waals surface area (Å²) in [7, 11) is 0. The average molecular weight is 719 g/mol. The maximum Gasteiger partial charge on any atom is 0.187 e. The minimum Gasteiger partial charge on any atom is -0.388 e. The van der Waals surface area contributed by atoms with Gasteiger partial charge in [0.15, 0.2) is 36.2 Å². The Hall–Kier alpha value is -0.680. The van der Waals surface area contributed by atoms with Gasteiger partial charge in [-0.15, -0.1) is 0 Å². The van der Waals surface area contributed by atoms with E-state index in [0.717, 1.165) is 0 Å². The van der Waals surface area contributed by atoms with Crippen molar-refractivity contribution in [2.45, 2.75) is 163 Å². The molecule has 0 saturated carbocycles. The van der Waals surface area contributed by atoms with E-state index in [-0.39, 0.29) is 50.8 Å². The summed E-state index contributed by atoms with van der Waals surface area (Å²) in [6, 6.07) is 0. The van der Waals surface area contributed by atoms with E-state index < -0.39 is 97.3 Å². The van der Waals surface area contributed by atoms with Gasteiger partial charge in [-0.25, -0.2) is 0 Å². The van der Waals surface area contributed by atoms with Crippen LogP contribution in [0.3, 0.4) is 0 Å². The molecule has 0 aromatic rings. The highest BCUT2D eigenvalue weighted by Gasteiger charge is 2.62. The predicted octanol–water partition coefficient (Wildman–Crippen LogP) is -0.286. The molecule has 9 rings (SSSR count). The monoisotopic (exact) mass is 718 g/mol. The van der Waals surface area contributed by atoms with Crippen molar-refractivity contribution in [3.63, 3.8) is 0 Å². The standard InChI is InChI=1S/C33H50O17/c1-31(2)45-22-19(16-11-39-28(42-16)25(22)48-31)36-8-14(34)7-35-15(9-37-20-17-12-40-29(43-17)26-23(20)46-32(3,4)49-26)10-38-21-18-13-41-30(44-18)27-24(21)47-33(5,6)50-27/h14-30,34H,7-13H2,1-6H3/t14?,16-,17-,18-,19-,20-,21-,22+,23+,24+,25+,26+,27+,28-,29-,30-/m1/s1. The normalized spacial score (nSPS) is 49.3. The molecule has 50 heavy (non-hydrogen) atoms. The molecule has 0 radical (unpaired) electrons. The van der Waals surface area contributed by atoms with Crippen LogP contribution in [-0.4, -0.2) is 173 Å². The molecule has 284 valence electrons. The SMILES string of the molecule is CC1(C)O[C@@H]2[C@H](O1)[C@@H]1OC[C@@H](O1)[C@H]2OCC(O)COC(CO[C@H]1[C@@H]2OC(C)(C)O[C@@H]2[C@@H]2OC[C@H]1O2)CO[C@H]1[C@@H]2OC(C)(C)O[C@@H]2[C@@H]2OC[C@H]1O2. The molecule has 1 unspecified atom stereocenters. The molecule has 0 aromatic carbocycles. The number of ether oxygens (including phenoxy) is 16. The van der Waals surface area contributed by atoms with Crippen LogP contribution in [-0.2, 0) is 75.8 Å². The van der Waals surface area contributed by atoms with Gasteiger partial charge in [-0.2, -0.15) is 0 Å². The fourth-order valence-corrected chi connectivity index (χ4v) is 8.54. The molecule has 0 amide bonds. The first-order chi connectivity index (χ1) is 23.8. The van der Waals surface area contributed by atoms with Gasteiger partial charge in [0.25, 0.3) is 0 Å². The highest BCUT2D eigenvalue weighted by molar-refractivity contribution is 5.02. The van der Waals surface area contributed by atoms with Gasteiger partial charge in [-0.3, -0.25) is 0 Å². The van der Waals surface area contributed by atoms with E-state index in [1.165, 1.54) is 0 Å². The van der Waals surface area contributed by atoms with Gasteiger partial charge in [0.1, 0.15) is 85.5 Å². The summed E-state index contributed by atoms with van der Waals surface area (Å²) in [6.45, 7) is 12.3. The van der Waals surface area contributed by atoms with Crippen molar-refractivity contribution in [2.24, 2.45) is 0 Å². The third kappa shape index (κ3) is 6.57. The Morgan fingerprint density at radius 1 is 0.500 bits per heavy atom. The van der Waals surface area contributed by atoms with Gasteiger partial charge in [0, 0.05) is 0 Å². The Balaban J connectivity index is 0.853. The lowest BCUT2D eigenvalue weighted by molar-refractivity contribution is -0.225. The van der Waals surface area contributed by atoms with E-state index in [4.69, 9.17) is 75.8 Å². The van der Waals surface area contributed by atoms with Crippen LogP contribution in [0.2, 0.25) is 0 Å². The molecule has 9 fully saturated rings. The van der Waals surface area contributed by atoms with Crippen molar-refractivity contribution in [3.8, 4) is 0 Å². The van der Waals surface area contributed by atoms with E-state index >= 15 is 0 Å². The van der Waals surface area contributed by atoms with Gasteiger partial charge in [-0.1, -0.05) is 0 Å². The van der Waals surface area contributed by atoms with Crippen molar-refractivity contribution < 1.29 is 80.9 Å². The minimum absolute atomic E-state index is 0.0286. The topological polar surface area (TPSA) is 168 Å². The van der Waals surface area contributed by atoms with Gasteiger partial charge in [-0.05, 0) is 41.5 Å². The van der Waals surface area contributed by atoms with Gasteiger partial charge in [0.05, 0.1) is 46.2 Å². The van der Waals surface area contributed by atoms with Crippen LogP contribution in [0.15, 0.2) is 0 Å². The van der Waals surface area contributed by atoms with Crippen LogP contribution in [0.1, 0.15) is 41.5 Å². The molecule has 1 N–H and O–H groups in total. The highest BCUT2D eigenvalue weighted by atomic mass is 16.8. The lowest BCUT2D eigenvalue weighted by Gasteiger charge is -2.37. The number of rotatable bonds is 12. The smallest absolute Gasteiger partial charge is 0.187 e. The zero-order valence-corrected chi connectivity index (χ0v) is 29.2. The van der Waals surface area contributed by atoms with Crippen molar-refractivity contribution in [1.29, 1.82) is 0 Å². The molecule has 16 atom stereocenters. The van der Waals surface area contributed by atoms with Gasteiger partial charge < -0.3 is 80.9 Å². The summed E-state index contributed by atoms with van der Waals surface area (Å²) in [5.74, 6) is -2.43. The third-order valence-corrected chi connectivity index (χ3v) is 10.5. The maximum absolute atomic E-state index is 11.1. The Morgan fingerprint density at radius 2 is 0.840 bits per heavy atom. The van der Waals surface area contributed by atoms with E-state index in [0.29, 0.717) is 19.8 Å². The first-order valence-corrected chi connectivity index (χ1v) is 17.8. The van der Waals surface area contributed by atoms with E-state index in [1.54, 1.807) is 0 Å². The molecule has 17 nitrogen and oxygen atoms in total. The van der Waals surface area contributed by atoms with Crippen LogP contribution < -0.4 is 0 Å². The second kappa shape index (κ2) is 13.0. The average Bonchev–Trinajstić information content (AvgIpc) is 3.88. The van der Waals surface area contributed by atoms with Crippen LogP contribution >= 0.6 is 0 Å². The first-order valence-electron chi connectivity index (χ1n) is 17.8. The molecule has 17 heteroatoms. The minimum atomic E-state index is -0.983. The largest absolute Gasteiger partial charge is 0.388 e. The zero-order chi connectivity index (χ0) is 34.6. The van der Waals surface area contributed by atoms with Crippen molar-refractivity contribution in [2.75, 3.05) is 46.2 Å². The van der Waals surface area contributed by atoms with Crippen molar-refractivity contribution >= 4 is 0 Å². The van der Waals surface area contributed by atoms with Crippen LogP contribution in [0.25, 0.3) is 0 Å². The Morgan fingerprint density at radius 3 is 1.22 bits per heavy atom. The van der Waals surface area contributed by atoms with E-state index in [2.05, 4.69) is 0 Å². The molecule has 9 aliphatic rings. The van der Waals surface area contributed by atoms with Crippen molar-refractivity contribution in [1.82, 2.24) is 0 Å². The van der Waals surface area contributed by atoms with Crippen LogP contribution in [0.5, 0.6) is 0 Å². The molecule has 9 heterocycles. The Labute approximate surface area is 290 Å². The fourth-order valence-electron chi connectivity index (χ4n) is 8.54. The summed E-state index contributed by atoms with van der Waals surface area (Å²) in [4.78, 5) is 0. The quantitative estimate of drug-likeness (QED) is 0.279. The van der Waals surface area contributed by atoms with Gasteiger partial charge >= 0.3 is 0 Å². The summed E-state index contributed by atoms with van der Waals surface area (Å²) in [5.41, 5.74) is 0. The number of aliphatic hydroxyl groups is 1. The first kappa shape index (κ1) is 35.0. The lowest BCUT2D eigenvalue weighted by atomic mass is 10.0. The number of hydrogen-bond donors (Lipinski definition) is 1. The second-order valence-corrected chi connectivity index (χ2v) is 15.8. The molecule has 0 spiro atoms. The molecule has 0 aliphatic carbocycles. The Kier molecular flexibility index (Phi) is 9.09. The molecule has 9 aliphatic heterocycles. The zero-order valence-electron chi connectivity index (χ0n) is 29.2. The van der Waals surface area contributed by atoms with Crippen LogP contribution in [0, 0.1) is 0 Å². The molecule has 9 saturated heterocycles. The van der Waals surface area contributed by atoms with E-state index in [1.807, 2.05) is 41.5 Å². The Bertz CT molecular complexity index is 1180. The van der Waals surface area contributed by atoms with Crippen molar-refractivity contribution in [3.05, 3.63) is 0 Å². The third-order valence-electron chi connectivity index (χ3n) is 10.5. The summed E-state index contributed by atoms with van der Waals surface area (Å²) >= 11 is 0. The number of aliphatic hydroxyl groups excluding tert-OH is 1. The fraction of sp³-hybridized carbons (Fsp3) is 1.00. The number of fused-ring (bicyclic) bond motifs is 12. The second-order valence-electron chi connectivity index (χ2n) is 15.8. The summed E-state index contributed by atoms with van der Waals surface area (Å²) in [6.07, 6.45) is -8.02.